The summed E-state index contributed by atoms with van der Waals surface area (Å²) in [6, 6.07) is 43.2. The van der Waals surface area contributed by atoms with Crippen LogP contribution in [0, 0.1) is 0 Å². The summed E-state index contributed by atoms with van der Waals surface area (Å²) in [4.78, 5) is 7.83. The molecule has 0 saturated heterocycles. The van der Waals surface area contributed by atoms with E-state index in [1.165, 1.54) is 43.5 Å². The van der Waals surface area contributed by atoms with Gasteiger partial charge in [0.05, 0.1) is 16.7 Å². The van der Waals surface area contributed by atoms with E-state index in [4.69, 9.17) is 4.99 Å². The number of para-hydroxylation sites is 1. The third kappa shape index (κ3) is 3.18. The van der Waals surface area contributed by atoms with E-state index in [1.807, 2.05) is 0 Å². The molecular formula is C35H24BrN3. The minimum Gasteiger partial charge on any atom is -0.335 e. The molecule has 4 heteroatoms. The van der Waals surface area contributed by atoms with Gasteiger partial charge >= 0.3 is 0 Å². The summed E-state index contributed by atoms with van der Waals surface area (Å²) in [5.41, 5.74) is 6.84. The molecule has 1 aromatic heterocycles. The number of fused-ring (bicyclic) bond motifs is 9. The first-order valence-corrected chi connectivity index (χ1v) is 14.0. The molecule has 7 aromatic rings. The number of hydrogen-bond donors (Lipinski definition) is 0. The molecule has 8 rings (SSSR count). The van der Waals surface area contributed by atoms with Gasteiger partial charge in [-0.25, -0.2) is 4.99 Å². The summed E-state index contributed by atoms with van der Waals surface area (Å²) >= 11 is 3.93. The quantitative estimate of drug-likeness (QED) is 0.191. The summed E-state index contributed by atoms with van der Waals surface area (Å²) in [6.07, 6.45) is -0.269. The van der Waals surface area contributed by atoms with Crippen molar-refractivity contribution in [3.63, 3.8) is 0 Å². The van der Waals surface area contributed by atoms with Crippen LogP contribution in [0.15, 0.2) is 131 Å². The van der Waals surface area contributed by atoms with Gasteiger partial charge in [0.15, 0.2) is 0 Å². The highest BCUT2D eigenvalue weighted by molar-refractivity contribution is 9.10. The van der Waals surface area contributed by atoms with Crippen molar-refractivity contribution < 1.29 is 0 Å². The van der Waals surface area contributed by atoms with Gasteiger partial charge in [-0.05, 0) is 34.4 Å². The van der Waals surface area contributed by atoms with E-state index in [0.717, 1.165) is 26.8 Å². The van der Waals surface area contributed by atoms with Crippen molar-refractivity contribution in [1.29, 1.82) is 0 Å². The lowest BCUT2D eigenvalue weighted by Gasteiger charge is -2.35. The van der Waals surface area contributed by atoms with Crippen LogP contribution in [-0.2, 0) is 0 Å². The van der Waals surface area contributed by atoms with Crippen molar-refractivity contribution in [3.8, 4) is 0 Å². The first-order valence-electron chi connectivity index (χ1n) is 13.2. The number of aromatic nitrogens is 1. The normalized spacial score (nSPS) is 15.3. The van der Waals surface area contributed by atoms with Gasteiger partial charge in [0.25, 0.3) is 0 Å². The maximum absolute atomic E-state index is 5.52. The van der Waals surface area contributed by atoms with Crippen LogP contribution in [0.5, 0.6) is 0 Å². The molecule has 186 valence electrons. The fourth-order valence-corrected chi connectivity index (χ4v) is 6.94. The van der Waals surface area contributed by atoms with Gasteiger partial charge < -0.3 is 4.90 Å². The number of rotatable bonds is 2. The Bertz CT molecular complexity index is 2110. The lowest BCUT2D eigenvalue weighted by Crippen LogP contribution is -2.33. The van der Waals surface area contributed by atoms with E-state index in [2.05, 4.69) is 154 Å². The molecule has 6 aromatic carbocycles. The predicted molar refractivity (Wildman–Crippen MR) is 168 cm³/mol. The number of nitrogens with zero attached hydrogens (tertiary/aromatic N) is 3. The molecule has 0 fully saturated rings. The van der Waals surface area contributed by atoms with Crippen molar-refractivity contribution in [3.05, 3.63) is 137 Å². The second kappa shape index (κ2) is 8.55. The van der Waals surface area contributed by atoms with E-state index in [1.54, 1.807) is 0 Å². The van der Waals surface area contributed by atoms with E-state index >= 15 is 0 Å². The summed E-state index contributed by atoms with van der Waals surface area (Å²) in [7, 11) is 2.16. The van der Waals surface area contributed by atoms with Gasteiger partial charge in [0, 0.05) is 44.5 Å². The van der Waals surface area contributed by atoms with Crippen molar-refractivity contribution in [1.82, 2.24) is 4.57 Å². The first-order chi connectivity index (χ1) is 19.2. The SMILES string of the molecule is CN1c2ccccc2C(c2ccccc2)=NC1n1c2cccc(Br)c2c2c3ccccc3c3ccccc3c21. The fourth-order valence-electron chi connectivity index (χ4n) is 6.38. The Morgan fingerprint density at radius 1 is 0.615 bits per heavy atom. The maximum Gasteiger partial charge on any atom is 0.203 e. The molecule has 1 atom stereocenters. The first kappa shape index (κ1) is 22.6. The van der Waals surface area contributed by atoms with Crippen LogP contribution in [0.1, 0.15) is 17.4 Å². The molecule has 0 bridgehead atoms. The van der Waals surface area contributed by atoms with E-state index in [0.29, 0.717) is 0 Å². The van der Waals surface area contributed by atoms with Crippen molar-refractivity contribution in [2.75, 3.05) is 11.9 Å². The molecule has 0 amide bonds. The van der Waals surface area contributed by atoms with Crippen LogP contribution in [0.4, 0.5) is 5.69 Å². The van der Waals surface area contributed by atoms with Crippen LogP contribution in [-0.4, -0.2) is 17.3 Å². The summed E-state index contributed by atoms with van der Waals surface area (Å²) in [6.45, 7) is 0. The van der Waals surface area contributed by atoms with Gasteiger partial charge in [-0.2, -0.15) is 0 Å². The van der Waals surface area contributed by atoms with Crippen LogP contribution >= 0.6 is 15.9 Å². The van der Waals surface area contributed by atoms with Gasteiger partial charge in [-0.15, -0.1) is 0 Å². The third-order valence-corrected chi connectivity index (χ3v) is 8.72. The Kier molecular flexibility index (Phi) is 4.95. The molecule has 1 unspecified atom stereocenters. The molecule has 0 N–H and O–H groups in total. The zero-order chi connectivity index (χ0) is 26.1. The molecule has 0 saturated carbocycles. The molecule has 0 radical (unpaired) electrons. The highest BCUT2D eigenvalue weighted by atomic mass is 79.9. The smallest absolute Gasteiger partial charge is 0.203 e. The zero-order valence-corrected chi connectivity index (χ0v) is 22.9. The largest absolute Gasteiger partial charge is 0.335 e. The highest BCUT2D eigenvalue weighted by Gasteiger charge is 2.31. The van der Waals surface area contributed by atoms with E-state index in [-0.39, 0.29) is 6.29 Å². The Balaban J connectivity index is 1.57. The van der Waals surface area contributed by atoms with Gasteiger partial charge in [-0.3, -0.25) is 4.57 Å². The molecule has 2 heterocycles. The Hall–Kier alpha value is -4.41. The lowest BCUT2D eigenvalue weighted by molar-refractivity contribution is 0.541. The number of halogens is 1. The van der Waals surface area contributed by atoms with Crippen molar-refractivity contribution in [2.24, 2.45) is 4.99 Å². The van der Waals surface area contributed by atoms with Gasteiger partial charge in [0.1, 0.15) is 0 Å². The van der Waals surface area contributed by atoms with Gasteiger partial charge in [-0.1, -0.05) is 119 Å². The number of aliphatic imine (C=N–C) groups is 1. The Morgan fingerprint density at radius 3 is 2.05 bits per heavy atom. The molecule has 0 aliphatic carbocycles. The third-order valence-electron chi connectivity index (χ3n) is 8.06. The van der Waals surface area contributed by atoms with Crippen molar-refractivity contribution in [2.45, 2.75) is 6.29 Å². The molecular weight excluding hydrogens is 542 g/mol. The molecule has 1 aliphatic heterocycles. The van der Waals surface area contributed by atoms with Crippen molar-refractivity contribution >= 4 is 70.7 Å². The second-order valence-electron chi connectivity index (χ2n) is 10.1. The molecule has 3 nitrogen and oxygen atoms in total. The summed E-state index contributed by atoms with van der Waals surface area (Å²) in [5, 5.41) is 7.50. The average Bonchev–Trinajstić information content (AvgIpc) is 3.35. The second-order valence-corrected chi connectivity index (χ2v) is 11.0. The monoisotopic (exact) mass is 565 g/mol. The fraction of sp³-hybridized carbons (Fsp3) is 0.0571. The number of anilines is 1. The minimum absolute atomic E-state index is 0.269. The van der Waals surface area contributed by atoms with Crippen LogP contribution in [0.2, 0.25) is 0 Å². The van der Waals surface area contributed by atoms with Crippen LogP contribution in [0.25, 0.3) is 43.4 Å². The Morgan fingerprint density at radius 2 is 1.26 bits per heavy atom. The molecule has 1 aliphatic rings. The van der Waals surface area contributed by atoms with E-state index in [9.17, 15) is 0 Å². The zero-order valence-electron chi connectivity index (χ0n) is 21.3. The molecule has 39 heavy (non-hydrogen) atoms. The van der Waals surface area contributed by atoms with Crippen LogP contribution in [0.3, 0.4) is 0 Å². The minimum atomic E-state index is -0.269. The predicted octanol–water partition coefficient (Wildman–Crippen LogP) is 9.31. The maximum atomic E-state index is 5.52. The van der Waals surface area contributed by atoms with Crippen LogP contribution < -0.4 is 4.90 Å². The summed E-state index contributed by atoms with van der Waals surface area (Å²) in [5.74, 6) is 0. The summed E-state index contributed by atoms with van der Waals surface area (Å²) < 4.78 is 3.54. The Labute approximate surface area is 234 Å². The standard InChI is InChI=1S/C35H24BrN3/c1-38-29-20-10-9-18-27(29)33(22-12-3-2-4-13-22)37-35(38)39-30-21-11-19-28(36)32(30)31-25-16-7-5-14-23(25)24-15-6-8-17-26(24)34(31)39/h2-21,35H,1H3. The number of hydrogen-bond acceptors (Lipinski definition) is 2. The average molecular weight is 567 g/mol. The van der Waals surface area contributed by atoms with Gasteiger partial charge in [0.2, 0.25) is 6.29 Å². The molecule has 0 spiro atoms. The lowest BCUT2D eigenvalue weighted by atomic mass is 9.97. The number of benzene rings is 6. The highest BCUT2D eigenvalue weighted by Crippen LogP contribution is 2.46. The van der Waals surface area contributed by atoms with E-state index < -0.39 is 0 Å². The topological polar surface area (TPSA) is 20.5 Å².